The van der Waals surface area contributed by atoms with E-state index in [2.05, 4.69) is 15.6 Å². The molecule has 0 spiro atoms. The number of benzene rings is 1. The van der Waals surface area contributed by atoms with E-state index in [-0.39, 0.29) is 24.6 Å². The highest BCUT2D eigenvalue weighted by Gasteiger charge is 2.45. The quantitative estimate of drug-likeness (QED) is 0.511. The third-order valence-corrected chi connectivity index (χ3v) is 6.78. The van der Waals surface area contributed by atoms with Gasteiger partial charge in [0.05, 0.1) is 31.3 Å². The topological polar surface area (TPSA) is 88.2 Å². The minimum absolute atomic E-state index is 0.0293. The third kappa shape index (κ3) is 4.20. The number of amides is 1. The summed E-state index contributed by atoms with van der Waals surface area (Å²) in [5.41, 5.74) is 2.40. The van der Waals surface area contributed by atoms with E-state index >= 15 is 0 Å². The Hall–Kier alpha value is -3.20. The maximum atomic E-state index is 14.7. The fraction of sp³-hybridized carbons (Fsp3) is 0.440. The van der Waals surface area contributed by atoms with Gasteiger partial charge in [-0.3, -0.25) is 9.59 Å². The Morgan fingerprint density at radius 1 is 1.32 bits per heavy atom. The molecule has 4 rings (SSSR count). The van der Waals surface area contributed by atoms with Gasteiger partial charge in [-0.2, -0.15) is 0 Å². The molecule has 1 aromatic carbocycles. The molecule has 182 valence electrons. The molecule has 0 saturated carbocycles. The second kappa shape index (κ2) is 9.21. The van der Waals surface area contributed by atoms with Crippen LogP contribution in [0.5, 0.6) is 5.75 Å². The number of piperidine rings is 1. The molecule has 1 aliphatic heterocycles. The van der Waals surface area contributed by atoms with Gasteiger partial charge in [0.1, 0.15) is 5.75 Å². The van der Waals surface area contributed by atoms with Crippen molar-refractivity contribution in [3.8, 4) is 5.75 Å². The molecule has 1 aliphatic rings. The Morgan fingerprint density at radius 3 is 2.76 bits per heavy atom. The fourth-order valence-electron chi connectivity index (χ4n) is 5.12. The molecule has 2 unspecified atom stereocenters. The molecular formula is C25H30F2N4O3. The lowest BCUT2D eigenvalue weighted by molar-refractivity contribution is -0.0890. The molecule has 1 amide bonds. The molecule has 0 bridgehead atoms. The number of nitrogens with one attached hydrogen (secondary N) is 3. The fourth-order valence-corrected chi connectivity index (χ4v) is 5.12. The molecule has 2 atom stereocenters. The zero-order chi connectivity index (χ0) is 24.6. The number of aryl methyl sites for hydroxylation is 1. The number of carbonyl (C=O) groups excluding carboxylic acids is 1. The van der Waals surface area contributed by atoms with Crippen LogP contribution in [0.25, 0.3) is 10.9 Å². The molecule has 3 aromatic rings. The number of nitrogens with zero attached hydrogens (tertiary/aromatic N) is 1. The maximum Gasteiger partial charge on any atom is 0.265 e. The molecule has 7 nitrogen and oxygen atoms in total. The maximum absolute atomic E-state index is 14.7. The number of rotatable bonds is 6. The number of halogens is 2. The molecular weight excluding hydrogens is 442 g/mol. The first-order chi connectivity index (χ1) is 16.2. The highest BCUT2D eigenvalue weighted by Crippen LogP contribution is 2.40. The highest BCUT2D eigenvalue weighted by atomic mass is 19.3. The Labute approximate surface area is 196 Å². The number of alkyl halides is 2. The van der Waals surface area contributed by atoms with Gasteiger partial charge in [0.15, 0.2) is 0 Å². The van der Waals surface area contributed by atoms with Crippen molar-refractivity contribution < 1.29 is 18.3 Å². The summed E-state index contributed by atoms with van der Waals surface area (Å²) >= 11 is 0. The number of H-pyrrole nitrogens is 1. The predicted octanol–water partition coefficient (Wildman–Crippen LogP) is 3.69. The smallest absolute Gasteiger partial charge is 0.265 e. The lowest BCUT2D eigenvalue weighted by atomic mass is 9.87. The number of methoxy groups -OCH3 is 1. The summed E-state index contributed by atoms with van der Waals surface area (Å²) in [7, 11) is 1.47. The molecule has 0 aliphatic carbocycles. The van der Waals surface area contributed by atoms with Crippen LogP contribution in [0.15, 0.2) is 35.1 Å². The van der Waals surface area contributed by atoms with Gasteiger partial charge in [0.25, 0.3) is 17.4 Å². The van der Waals surface area contributed by atoms with Gasteiger partial charge in [-0.25, -0.2) is 8.78 Å². The second-order valence-electron chi connectivity index (χ2n) is 8.93. The van der Waals surface area contributed by atoms with Crippen molar-refractivity contribution in [2.75, 3.05) is 20.2 Å². The van der Waals surface area contributed by atoms with Crippen LogP contribution in [-0.2, 0) is 6.54 Å². The third-order valence-electron chi connectivity index (χ3n) is 6.78. The van der Waals surface area contributed by atoms with E-state index in [4.69, 9.17) is 4.74 Å². The van der Waals surface area contributed by atoms with Crippen LogP contribution in [0.3, 0.4) is 0 Å². The van der Waals surface area contributed by atoms with Gasteiger partial charge >= 0.3 is 0 Å². The lowest BCUT2D eigenvalue weighted by Gasteiger charge is -2.37. The number of aromatic nitrogens is 2. The summed E-state index contributed by atoms with van der Waals surface area (Å²) in [6.45, 7) is 5.48. The van der Waals surface area contributed by atoms with Gasteiger partial charge in [0, 0.05) is 34.3 Å². The van der Waals surface area contributed by atoms with Gasteiger partial charge < -0.3 is 24.9 Å². The van der Waals surface area contributed by atoms with E-state index in [9.17, 15) is 18.4 Å². The number of ether oxygens (including phenoxy) is 1. The van der Waals surface area contributed by atoms with E-state index < -0.39 is 17.9 Å². The molecule has 3 heterocycles. The summed E-state index contributed by atoms with van der Waals surface area (Å²) < 4.78 is 36.7. The molecule has 1 saturated heterocycles. The molecule has 3 N–H and O–H groups in total. The van der Waals surface area contributed by atoms with Crippen molar-refractivity contribution in [2.24, 2.45) is 5.92 Å². The van der Waals surface area contributed by atoms with Crippen LogP contribution in [0.4, 0.5) is 8.78 Å². The predicted molar refractivity (Wildman–Crippen MR) is 127 cm³/mol. The van der Waals surface area contributed by atoms with Gasteiger partial charge in [-0.1, -0.05) is 18.2 Å². The second-order valence-corrected chi connectivity index (χ2v) is 8.93. The number of para-hydroxylation sites is 1. The standard InChI is InChI=1S/C25H30F2N4O3/c1-14-11-21(34-4)18(23(32)30-14)12-29-24(33)22-16(3)31(20-8-6-5-7-17(20)22)15(2)19-9-10-28-13-25(19,26)27/h5-8,11,15,19,28H,9-10,12-13H2,1-4H3,(H,29,33)(H,30,32). The first-order valence-corrected chi connectivity index (χ1v) is 11.4. The molecule has 9 heteroatoms. The van der Waals surface area contributed by atoms with E-state index in [1.54, 1.807) is 26.8 Å². The van der Waals surface area contributed by atoms with Crippen LogP contribution in [0.1, 0.15) is 46.7 Å². The van der Waals surface area contributed by atoms with Crippen LogP contribution in [0, 0.1) is 19.8 Å². The number of aromatic amines is 1. The van der Waals surface area contributed by atoms with Gasteiger partial charge in [0.2, 0.25) is 0 Å². The average Bonchev–Trinajstić information content (AvgIpc) is 3.08. The Kier molecular flexibility index (Phi) is 6.49. The Morgan fingerprint density at radius 2 is 2.06 bits per heavy atom. The summed E-state index contributed by atoms with van der Waals surface area (Å²) in [5, 5.41) is 6.28. The van der Waals surface area contributed by atoms with E-state index in [0.29, 0.717) is 46.6 Å². The minimum Gasteiger partial charge on any atom is -0.496 e. The monoisotopic (exact) mass is 472 g/mol. The number of fused-ring (bicyclic) bond motifs is 1. The number of hydrogen-bond donors (Lipinski definition) is 3. The number of pyridine rings is 1. The number of hydrogen-bond acceptors (Lipinski definition) is 4. The SMILES string of the molecule is COc1cc(C)[nH]c(=O)c1CNC(=O)c1c(C)n(C(C)C2CCNCC2(F)F)c2ccccc12. The van der Waals surface area contributed by atoms with Crippen molar-refractivity contribution in [1.82, 2.24) is 20.2 Å². The summed E-state index contributed by atoms with van der Waals surface area (Å²) in [6, 6.07) is 8.51. The highest BCUT2D eigenvalue weighted by molar-refractivity contribution is 6.08. The first-order valence-electron chi connectivity index (χ1n) is 11.4. The van der Waals surface area contributed by atoms with Crippen molar-refractivity contribution >= 4 is 16.8 Å². The molecule has 0 radical (unpaired) electrons. The van der Waals surface area contributed by atoms with Crippen molar-refractivity contribution in [1.29, 1.82) is 0 Å². The zero-order valence-corrected chi connectivity index (χ0v) is 19.8. The van der Waals surface area contributed by atoms with Gasteiger partial charge in [-0.05, 0) is 45.9 Å². The van der Waals surface area contributed by atoms with E-state index in [0.717, 1.165) is 5.52 Å². The lowest BCUT2D eigenvalue weighted by Crippen LogP contribution is -2.48. The van der Waals surface area contributed by atoms with Crippen molar-refractivity contribution in [3.63, 3.8) is 0 Å². The van der Waals surface area contributed by atoms with Gasteiger partial charge in [-0.15, -0.1) is 0 Å². The Bertz CT molecular complexity index is 1280. The van der Waals surface area contributed by atoms with Crippen molar-refractivity contribution in [3.05, 3.63) is 63.2 Å². The van der Waals surface area contributed by atoms with E-state index in [1.807, 2.05) is 28.8 Å². The van der Waals surface area contributed by atoms with Crippen molar-refractivity contribution in [2.45, 2.75) is 45.7 Å². The van der Waals surface area contributed by atoms with Crippen LogP contribution >= 0.6 is 0 Å². The molecule has 1 fully saturated rings. The molecule has 2 aromatic heterocycles. The minimum atomic E-state index is -2.85. The average molecular weight is 473 g/mol. The zero-order valence-electron chi connectivity index (χ0n) is 19.8. The normalized spacial score (nSPS) is 18.6. The Balaban J connectivity index is 1.70. The summed E-state index contributed by atoms with van der Waals surface area (Å²) in [6.07, 6.45) is 0.345. The molecule has 34 heavy (non-hydrogen) atoms. The summed E-state index contributed by atoms with van der Waals surface area (Å²) in [4.78, 5) is 28.5. The first kappa shape index (κ1) is 23.9. The van der Waals surface area contributed by atoms with E-state index in [1.165, 1.54) is 7.11 Å². The summed E-state index contributed by atoms with van der Waals surface area (Å²) in [5.74, 6) is -3.68. The van der Waals surface area contributed by atoms with Crippen LogP contribution in [-0.4, -0.2) is 41.6 Å². The largest absolute Gasteiger partial charge is 0.496 e. The van der Waals surface area contributed by atoms with Crippen LogP contribution < -0.4 is 20.9 Å². The number of carbonyl (C=O) groups is 1. The van der Waals surface area contributed by atoms with Crippen LogP contribution in [0.2, 0.25) is 0 Å².